The van der Waals surface area contributed by atoms with E-state index in [1.165, 1.54) is 11.1 Å². The molecule has 1 N–H and O–H groups in total. The molecule has 0 saturated carbocycles. The lowest BCUT2D eigenvalue weighted by Gasteiger charge is -2.19. The second kappa shape index (κ2) is 6.59. The van der Waals surface area contributed by atoms with Gasteiger partial charge in [-0.2, -0.15) is 5.10 Å². The summed E-state index contributed by atoms with van der Waals surface area (Å²) in [6, 6.07) is 19.0. The van der Waals surface area contributed by atoms with Gasteiger partial charge in [0, 0.05) is 5.75 Å². The topological polar surface area (TPSA) is 36.8 Å². The lowest BCUT2D eigenvalue weighted by molar-refractivity contribution is 0.582. The monoisotopic (exact) mass is 323 g/mol. The summed E-state index contributed by atoms with van der Waals surface area (Å²) in [5, 5.41) is 5.37. The number of nitrogens with one attached hydrogen (secondary N) is 1. The number of thioether (sulfide) groups is 1. The molecule has 0 unspecified atom stereocenters. The third-order valence-electron chi connectivity index (χ3n) is 3.39. The van der Waals surface area contributed by atoms with Gasteiger partial charge in [0.25, 0.3) is 0 Å². The number of hydrogen-bond acceptors (Lipinski definition) is 3. The molecule has 2 aromatic carbocycles. The Morgan fingerprint density at radius 1 is 0.913 bits per heavy atom. The Hall–Kier alpha value is -2.07. The van der Waals surface area contributed by atoms with Crippen molar-refractivity contribution in [1.29, 1.82) is 0 Å². The van der Waals surface area contributed by atoms with Crippen LogP contribution in [0.5, 0.6) is 0 Å². The average molecular weight is 323 g/mol. The number of hydrazone groups is 1. The smallest absolute Gasteiger partial charge is 0.178 e. The van der Waals surface area contributed by atoms with Crippen LogP contribution >= 0.6 is 11.8 Å². The molecule has 0 spiro atoms. The molecule has 23 heavy (non-hydrogen) atoms. The van der Waals surface area contributed by atoms with E-state index in [9.17, 15) is 0 Å². The molecule has 0 saturated heterocycles. The van der Waals surface area contributed by atoms with Crippen LogP contribution in [0.2, 0.25) is 0 Å². The van der Waals surface area contributed by atoms with Crippen molar-refractivity contribution in [2.75, 3.05) is 5.75 Å². The molecule has 0 aromatic heterocycles. The minimum Gasteiger partial charge on any atom is -0.256 e. The fourth-order valence-corrected chi connectivity index (χ4v) is 3.27. The first kappa shape index (κ1) is 15.8. The highest BCUT2D eigenvalue weighted by Gasteiger charge is 2.16. The summed E-state index contributed by atoms with van der Waals surface area (Å²) in [5.74, 6) is 0.840. The number of nitrogens with zero attached hydrogens (tertiary/aromatic N) is 2. The number of hydrogen-bond donors (Lipinski definition) is 1. The second-order valence-corrected chi connectivity index (χ2v) is 7.45. The highest BCUT2D eigenvalue weighted by molar-refractivity contribution is 8.14. The van der Waals surface area contributed by atoms with Crippen molar-refractivity contribution in [3.63, 3.8) is 0 Å². The Labute approximate surface area is 141 Å². The second-order valence-electron chi connectivity index (χ2n) is 6.49. The molecule has 118 valence electrons. The summed E-state index contributed by atoms with van der Waals surface area (Å²) in [4.78, 5) is 4.61. The van der Waals surface area contributed by atoms with Gasteiger partial charge >= 0.3 is 0 Å². The SMILES string of the molecule is CC(C)(C)N=C1NN=C(c2ccc(-c3ccccc3)cc2)CS1. The summed E-state index contributed by atoms with van der Waals surface area (Å²) < 4.78 is 0. The predicted octanol–water partition coefficient (Wildman–Crippen LogP) is 4.55. The minimum atomic E-state index is -0.0836. The van der Waals surface area contributed by atoms with Crippen LogP contribution in [-0.4, -0.2) is 22.2 Å². The number of amidine groups is 1. The van der Waals surface area contributed by atoms with Crippen LogP contribution in [0.25, 0.3) is 11.1 Å². The Balaban J connectivity index is 1.75. The molecule has 2 aromatic rings. The van der Waals surface area contributed by atoms with E-state index in [1.54, 1.807) is 11.8 Å². The molecule has 3 rings (SSSR count). The Kier molecular flexibility index (Phi) is 4.53. The third-order valence-corrected chi connectivity index (χ3v) is 4.27. The van der Waals surface area contributed by atoms with Crippen molar-refractivity contribution in [3.8, 4) is 11.1 Å². The maximum atomic E-state index is 4.61. The summed E-state index contributed by atoms with van der Waals surface area (Å²) >= 11 is 1.70. The number of benzene rings is 2. The van der Waals surface area contributed by atoms with E-state index < -0.39 is 0 Å². The van der Waals surface area contributed by atoms with Gasteiger partial charge in [-0.1, -0.05) is 66.4 Å². The lowest BCUT2D eigenvalue weighted by atomic mass is 10.0. The number of rotatable bonds is 2. The van der Waals surface area contributed by atoms with Crippen molar-refractivity contribution in [2.45, 2.75) is 26.3 Å². The van der Waals surface area contributed by atoms with Crippen molar-refractivity contribution in [3.05, 3.63) is 60.2 Å². The average Bonchev–Trinajstić information content (AvgIpc) is 2.55. The molecule has 0 aliphatic carbocycles. The molecule has 0 atom stereocenters. The lowest BCUT2D eigenvalue weighted by Crippen LogP contribution is -2.28. The zero-order valence-corrected chi connectivity index (χ0v) is 14.5. The first-order valence-electron chi connectivity index (χ1n) is 7.72. The summed E-state index contributed by atoms with van der Waals surface area (Å²) in [6.45, 7) is 6.26. The van der Waals surface area contributed by atoms with Crippen LogP contribution < -0.4 is 5.43 Å². The van der Waals surface area contributed by atoms with Crippen molar-refractivity contribution < 1.29 is 0 Å². The summed E-state index contributed by atoms with van der Waals surface area (Å²) in [5.41, 5.74) is 7.65. The highest BCUT2D eigenvalue weighted by Crippen LogP contribution is 2.21. The zero-order chi connectivity index (χ0) is 16.3. The molecule has 4 heteroatoms. The fourth-order valence-electron chi connectivity index (χ4n) is 2.31. The molecule has 0 radical (unpaired) electrons. The van der Waals surface area contributed by atoms with E-state index in [4.69, 9.17) is 0 Å². The molecule has 0 bridgehead atoms. The van der Waals surface area contributed by atoms with Gasteiger partial charge in [0.15, 0.2) is 5.17 Å². The van der Waals surface area contributed by atoms with E-state index in [-0.39, 0.29) is 5.54 Å². The van der Waals surface area contributed by atoms with E-state index in [0.29, 0.717) is 0 Å². The largest absolute Gasteiger partial charge is 0.256 e. The van der Waals surface area contributed by atoms with Gasteiger partial charge in [-0.15, -0.1) is 0 Å². The van der Waals surface area contributed by atoms with Gasteiger partial charge in [0.05, 0.1) is 11.3 Å². The van der Waals surface area contributed by atoms with E-state index in [2.05, 4.69) is 84.8 Å². The molecule has 0 fully saturated rings. The Morgan fingerprint density at radius 2 is 1.52 bits per heavy atom. The molecule has 0 amide bonds. The maximum absolute atomic E-state index is 4.61. The van der Waals surface area contributed by atoms with Crippen LogP contribution in [0.1, 0.15) is 26.3 Å². The van der Waals surface area contributed by atoms with Gasteiger partial charge in [-0.3, -0.25) is 10.4 Å². The van der Waals surface area contributed by atoms with Crippen LogP contribution in [0.4, 0.5) is 0 Å². The first-order chi connectivity index (χ1) is 11.0. The van der Waals surface area contributed by atoms with Crippen LogP contribution in [0.3, 0.4) is 0 Å². The summed E-state index contributed by atoms with van der Waals surface area (Å²) in [6.07, 6.45) is 0. The quantitative estimate of drug-likeness (QED) is 0.880. The van der Waals surface area contributed by atoms with Crippen molar-refractivity contribution in [1.82, 2.24) is 5.43 Å². The maximum Gasteiger partial charge on any atom is 0.178 e. The minimum absolute atomic E-state index is 0.0836. The normalized spacial score (nSPS) is 16.8. The van der Waals surface area contributed by atoms with Gasteiger partial charge in [0.2, 0.25) is 0 Å². The van der Waals surface area contributed by atoms with Crippen molar-refractivity contribution >= 4 is 22.6 Å². The van der Waals surface area contributed by atoms with Gasteiger partial charge < -0.3 is 0 Å². The van der Waals surface area contributed by atoms with Gasteiger partial charge in [0.1, 0.15) is 0 Å². The molecule has 1 heterocycles. The molecule has 3 nitrogen and oxygen atoms in total. The fraction of sp³-hybridized carbons (Fsp3) is 0.263. The first-order valence-corrected chi connectivity index (χ1v) is 8.71. The third kappa shape index (κ3) is 4.23. The molecule has 1 aliphatic rings. The van der Waals surface area contributed by atoms with Crippen LogP contribution in [0.15, 0.2) is 64.7 Å². The predicted molar refractivity (Wildman–Crippen MR) is 101 cm³/mol. The molecular weight excluding hydrogens is 302 g/mol. The van der Waals surface area contributed by atoms with Crippen LogP contribution in [0, 0.1) is 0 Å². The molecular formula is C19H21N3S. The summed E-state index contributed by atoms with van der Waals surface area (Å²) in [7, 11) is 0. The molecule has 1 aliphatic heterocycles. The Morgan fingerprint density at radius 3 is 2.09 bits per heavy atom. The zero-order valence-electron chi connectivity index (χ0n) is 13.7. The van der Waals surface area contributed by atoms with E-state index in [1.807, 2.05) is 6.07 Å². The van der Waals surface area contributed by atoms with Crippen molar-refractivity contribution in [2.24, 2.45) is 10.1 Å². The van der Waals surface area contributed by atoms with E-state index >= 15 is 0 Å². The standard InChI is InChI=1S/C19H21N3S/c1-19(2,3)20-18-22-21-17(13-23-18)16-11-9-15(10-12-16)14-7-5-4-6-8-14/h4-12H,13H2,1-3H3,(H,20,22). The number of aliphatic imine (C=N–C) groups is 1. The van der Waals surface area contributed by atoms with Crippen LogP contribution in [-0.2, 0) is 0 Å². The van der Waals surface area contributed by atoms with E-state index in [0.717, 1.165) is 22.2 Å². The van der Waals surface area contributed by atoms with Gasteiger partial charge in [-0.25, -0.2) is 0 Å². The Bertz CT molecular complexity index is 725. The van der Waals surface area contributed by atoms with Gasteiger partial charge in [-0.05, 0) is 37.5 Å². The highest BCUT2D eigenvalue weighted by atomic mass is 32.2.